The van der Waals surface area contributed by atoms with Crippen molar-refractivity contribution in [3.05, 3.63) is 54.1 Å². The van der Waals surface area contributed by atoms with E-state index in [4.69, 9.17) is 0 Å². The van der Waals surface area contributed by atoms with E-state index in [1.54, 1.807) is 12.4 Å². The van der Waals surface area contributed by atoms with E-state index >= 15 is 0 Å². The van der Waals surface area contributed by atoms with Crippen LogP contribution in [0.1, 0.15) is 11.1 Å². The quantitative estimate of drug-likeness (QED) is 0.832. The van der Waals surface area contributed by atoms with Gasteiger partial charge in [-0.1, -0.05) is 24.3 Å². The SMILES string of the molecule is Cc1ccccc1CNC(=O)n1ccnc1. The fraction of sp³-hybridized carbons (Fsp3) is 0.167. The largest absolute Gasteiger partial charge is 0.333 e. The normalized spacial score (nSPS) is 10.1. The predicted octanol–water partition coefficient (Wildman–Crippen LogP) is 1.95. The summed E-state index contributed by atoms with van der Waals surface area (Å²) in [5.41, 5.74) is 2.30. The lowest BCUT2D eigenvalue weighted by Crippen LogP contribution is -2.27. The number of imidazole rings is 1. The van der Waals surface area contributed by atoms with E-state index in [0.717, 1.165) is 5.56 Å². The molecule has 0 saturated carbocycles. The van der Waals surface area contributed by atoms with Crippen molar-refractivity contribution in [3.63, 3.8) is 0 Å². The van der Waals surface area contributed by atoms with E-state index in [-0.39, 0.29) is 6.03 Å². The molecule has 2 aromatic rings. The number of hydrogen-bond donors (Lipinski definition) is 1. The van der Waals surface area contributed by atoms with Crippen molar-refractivity contribution in [1.29, 1.82) is 0 Å². The van der Waals surface area contributed by atoms with Crippen molar-refractivity contribution in [2.75, 3.05) is 0 Å². The third kappa shape index (κ3) is 2.28. The van der Waals surface area contributed by atoms with Crippen LogP contribution in [0.3, 0.4) is 0 Å². The summed E-state index contributed by atoms with van der Waals surface area (Å²) in [6.07, 6.45) is 4.67. The van der Waals surface area contributed by atoms with Gasteiger partial charge < -0.3 is 5.32 Å². The number of carbonyl (C=O) groups is 1. The zero-order valence-electron chi connectivity index (χ0n) is 9.05. The molecule has 0 spiro atoms. The minimum absolute atomic E-state index is 0.166. The maximum absolute atomic E-state index is 11.6. The summed E-state index contributed by atoms with van der Waals surface area (Å²) in [5, 5.41) is 2.83. The lowest BCUT2D eigenvalue weighted by Gasteiger charge is -2.07. The average Bonchev–Trinajstić information content (AvgIpc) is 2.81. The molecule has 0 radical (unpaired) electrons. The van der Waals surface area contributed by atoms with Crippen LogP contribution in [-0.4, -0.2) is 15.6 Å². The molecular formula is C12H13N3O. The van der Waals surface area contributed by atoms with Crippen LogP contribution in [-0.2, 0) is 6.54 Å². The zero-order valence-corrected chi connectivity index (χ0v) is 9.05. The van der Waals surface area contributed by atoms with Crippen molar-refractivity contribution in [2.45, 2.75) is 13.5 Å². The van der Waals surface area contributed by atoms with Crippen LogP contribution in [0.4, 0.5) is 4.79 Å². The highest BCUT2D eigenvalue weighted by Crippen LogP contribution is 2.06. The van der Waals surface area contributed by atoms with Crippen LogP contribution in [0.25, 0.3) is 0 Å². The van der Waals surface area contributed by atoms with E-state index in [1.165, 1.54) is 16.5 Å². The molecule has 0 saturated heterocycles. The van der Waals surface area contributed by atoms with Gasteiger partial charge in [0.25, 0.3) is 0 Å². The second-order valence-electron chi connectivity index (χ2n) is 3.56. The van der Waals surface area contributed by atoms with Crippen LogP contribution in [0, 0.1) is 6.92 Å². The molecule has 0 atom stereocenters. The fourth-order valence-electron chi connectivity index (χ4n) is 1.45. The van der Waals surface area contributed by atoms with Gasteiger partial charge in [-0.3, -0.25) is 4.57 Å². The molecule has 82 valence electrons. The van der Waals surface area contributed by atoms with Gasteiger partial charge in [0.1, 0.15) is 6.33 Å². The van der Waals surface area contributed by atoms with Gasteiger partial charge in [0.15, 0.2) is 0 Å². The molecule has 4 heteroatoms. The molecule has 0 aliphatic heterocycles. The van der Waals surface area contributed by atoms with Gasteiger partial charge in [-0.2, -0.15) is 0 Å². The van der Waals surface area contributed by atoms with Crippen LogP contribution >= 0.6 is 0 Å². The molecular weight excluding hydrogens is 202 g/mol. The Morgan fingerprint density at radius 1 is 1.44 bits per heavy atom. The van der Waals surface area contributed by atoms with Gasteiger partial charge in [0.05, 0.1) is 0 Å². The molecule has 2 rings (SSSR count). The second-order valence-corrected chi connectivity index (χ2v) is 3.56. The molecule has 1 amide bonds. The Balaban J connectivity index is 1.98. The van der Waals surface area contributed by atoms with E-state index in [9.17, 15) is 4.79 Å². The number of aromatic nitrogens is 2. The molecule has 0 bridgehead atoms. The van der Waals surface area contributed by atoms with Crippen molar-refractivity contribution >= 4 is 6.03 Å². The Bertz CT molecular complexity index is 477. The summed E-state index contributed by atoms with van der Waals surface area (Å²) in [5.74, 6) is 0. The Kier molecular flexibility index (Phi) is 3.00. The minimum Gasteiger partial charge on any atom is -0.333 e. The predicted molar refractivity (Wildman–Crippen MR) is 61.0 cm³/mol. The highest BCUT2D eigenvalue weighted by molar-refractivity contribution is 5.76. The van der Waals surface area contributed by atoms with Gasteiger partial charge in [-0.15, -0.1) is 0 Å². The molecule has 1 aromatic carbocycles. The highest BCUT2D eigenvalue weighted by Gasteiger charge is 2.03. The zero-order chi connectivity index (χ0) is 11.4. The summed E-state index contributed by atoms with van der Waals surface area (Å²) in [4.78, 5) is 15.4. The van der Waals surface area contributed by atoms with Crippen LogP contribution in [0.2, 0.25) is 0 Å². The Hall–Kier alpha value is -2.10. The summed E-state index contributed by atoms with van der Waals surface area (Å²) < 4.78 is 1.41. The second kappa shape index (κ2) is 4.61. The van der Waals surface area contributed by atoms with E-state index in [0.29, 0.717) is 6.54 Å². The topological polar surface area (TPSA) is 46.9 Å². The Morgan fingerprint density at radius 3 is 2.94 bits per heavy atom. The van der Waals surface area contributed by atoms with Crippen molar-refractivity contribution in [3.8, 4) is 0 Å². The number of hydrogen-bond acceptors (Lipinski definition) is 2. The number of nitrogens with one attached hydrogen (secondary N) is 1. The summed E-state index contributed by atoms with van der Waals surface area (Å²) in [6, 6.07) is 7.81. The summed E-state index contributed by atoms with van der Waals surface area (Å²) in [6.45, 7) is 2.56. The average molecular weight is 215 g/mol. The van der Waals surface area contributed by atoms with Crippen LogP contribution in [0.15, 0.2) is 43.0 Å². The Morgan fingerprint density at radius 2 is 2.25 bits per heavy atom. The van der Waals surface area contributed by atoms with Crippen molar-refractivity contribution in [1.82, 2.24) is 14.9 Å². The fourth-order valence-corrected chi connectivity index (χ4v) is 1.45. The van der Waals surface area contributed by atoms with Gasteiger partial charge in [0, 0.05) is 18.9 Å². The first-order valence-electron chi connectivity index (χ1n) is 5.08. The standard InChI is InChI=1S/C12H13N3O/c1-10-4-2-3-5-11(10)8-14-12(16)15-7-6-13-9-15/h2-7,9H,8H2,1H3,(H,14,16). The van der Waals surface area contributed by atoms with Gasteiger partial charge >= 0.3 is 6.03 Å². The first-order valence-corrected chi connectivity index (χ1v) is 5.08. The molecule has 0 aliphatic rings. The molecule has 0 fully saturated rings. The molecule has 16 heavy (non-hydrogen) atoms. The Labute approximate surface area is 93.9 Å². The number of amides is 1. The van der Waals surface area contributed by atoms with Crippen molar-refractivity contribution in [2.24, 2.45) is 0 Å². The molecule has 0 unspecified atom stereocenters. The van der Waals surface area contributed by atoms with Gasteiger partial charge in [-0.25, -0.2) is 9.78 Å². The number of nitrogens with zero attached hydrogens (tertiary/aromatic N) is 2. The third-order valence-electron chi connectivity index (χ3n) is 2.43. The monoisotopic (exact) mass is 215 g/mol. The van der Waals surface area contributed by atoms with E-state index in [1.807, 2.05) is 31.2 Å². The lowest BCUT2D eigenvalue weighted by atomic mass is 10.1. The number of rotatable bonds is 2. The minimum atomic E-state index is -0.166. The third-order valence-corrected chi connectivity index (χ3v) is 2.43. The maximum Gasteiger partial charge on any atom is 0.327 e. The first kappa shape index (κ1) is 10.4. The highest BCUT2D eigenvalue weighted by atomic mass is 16.2. The smallest absolute Gasteiger partial charge is 0.327 e. The number of benzene rings is 1. The molecule has 0 aliphatic carbocycles. The molecule has 1 N–H and O–H groups in total. The van der Waals surface area contributed by atoms with E-state index in [2.05, 4.69) is 10.3 Å². The van der Waals surface area contributed by atoms with Crippen LogP contribution < -0.4 is 5.32 Å². The first-order chi connectivity index (χ1) is 7.77. The summed E-state index contributed by atoms with van der Waals surface area (Å²) in [7, 11) is 0. The lowest BCUT2D eigenvalue weighted by molar-refractivity contribution is 0.242. The van der Waals surface area contributed by atoms with E-state index < -0.39 is 0 Å². The van der Waals surface area contributed by atoms with Gasteiger partial charge in [-0.05, 0) is 18.1 Å². The molecule has 4 nitrogen and oxygen atoms in total. The molecule has 1 heterocycles. The van der Waals surface area contributed by atoms with Crippen LogP contribution in [0.5, 0.6) is 0 Å². The molecule has 1 aromatic heterocycles. The maximum atomic E-state index is 11.6. The van der Waals surface area contributed by atoms with Crippen molar-refractivity contribution < 1.29 is 4.79 Å². The van der Waals surface area contributed by atoms with Gasteiger partial charge in [0.2, 0.25) is 0 Å². The summed E-state index contributed by atoms with van der Waals surface area (Å²) >= 11 is 0. The number of aryl methyl sites for hydroxylation is 1. The number of carbonyl (C=O) groups excluding carboxylic acids is 1.